The number of hydrogen-bond donors (Lipinski definition) is 1. The second-order valence-corrected chi connectivity index (χ2v) is 5.62. The van der Waals surface area contributed by atoms with E-state index < -0.39 is 0 Å². The van der Waals surface area contributed by atoms with Crippen LogP contribution >= 0.6 is 0 Å². The van der Waals surface area contributed by atoms with Gasteiger partial charge >= 0.3 is 0 Å². The number of hydrogen-bond acceptors (Lipinski definition) is 4. The number of pyridine rings is 1. The van der Waals surface area contributed by atoms with Crippen molar-refractivity contribution in [3.8, 4) is 0 Å². The fourth-order valence-corrected chi connectivity index (χ4v) is 3.16. The van der Waals surface area contributed by atoms with E-state index in [0.717, 1.165) is 25.2 Å². The number of carbonyl (C=O) groups is 1. The van der Waals surface area contributed by atoms with Gasteiger partial charge in [0.1, 0.15) is 5.69 Å². The Labute approximate surface area is 120 Å². The van der Waals surface area contributed by atoms with E-state index in [9.17, 15) is 4.79 Å². The molecule has 2 fully saturated rings. The quantitative estimate of drug-likeness (QED) is 0.906. The highest BCUT2D eigenvalue weighted by atomic mass is 16.2. The van der Waals surface area contributed by atoms with Gasteiger partial charge in [-0.2, -0.15) is 0 Å². The van der Waals surface area contributed by atoms with Crippen molar-refractivity contribution >= 4 is 11.6 Å². The average molecular weight is 274 g/mol. The third-order valence-corrected chi connectivity index (χ3v) is 4.38. The van der Waals surface area contributed by atoms with Gasteiger partial charge in [-0.1, -0.05) is 0 Å². The highest BCUT2D eigenvalue weighted by Crippen LogP contribution is 2.21. The molecule has 2 saturated heterocycles. The number of anilines is 1. The smallest absolute Gasteiger partial charge is 0.272 e. The summed E-state index contributed by atoms with van der Waals surface area (Å²) in [5.41, 5.74) is 1.48. The molecule has 0 radical (unpaired) electrons. The Balaban J connectivity index is 1.62. The standard InChI is InChI=1S/C15H22N4O/c1-16-12-4-5-14(17-10-12)15(20)19-9-6-13(11-19)18-7-2-3-8-18/h4-5,10,13,16H,2-3,6-9,11H2,1H3. The summed E-state index contributed by atoms with van der Waals surface area (Å²) in [5.74, 6) is 0.0642. The molecule has 1 aromatic heterocycles. The van der Waals surface area contributed by atoms with Crippen molar-refractivity contribution in [3.05, 3.63) is 24.0 Å². The number of nitrogens with zero attached hydrogens (tertiary/aromatic N) is 3. The zero-order valence-corrected chi connectivity index (χ0v) is 12.0. The molecule has 2 aliphatic heterocycles. The molecular formula is C15H22N4O. The van der Waals surface area contributed by atoms with Crippen LogP contribution in [0.4, 0.5) is 5.69 Å². The zero-order valence-electron chi connectivity index (χ0n) is 12.0. The SMILES string of the molecule is CNc1ccc(C(=O)N2CCC(N3CCCC3)C2)nc1. The number of aromatic nitrogens is 1. The molecule has 5 heteroatoms. The molecule has 1 aromatic rings. The second-order valence-electron chi connectivity index (χ2n) is 5.62. The maximum Gasteiger partial charge on any atom is 0.272 e. The first-order valence-corrected chi connectivity index (χ1v) is 7.45. The van der Waals surface area contributed by atoms with Crippen LogP contribution in [-0.2, 0) is 0 Å². The monoisotopic (exact) mass is 274 g/mol. The summed E-state index contributed by atoms with van der Waals surface area (Å²) in [5, 5.41) is 3.01. The largest absolute Gasteiger partial charge is 0.387 e. The Hall–Kier alpha value is -1.62. The van der Waals surface area contributed by atoms with E-state index in [0.29, 0.717) is 11.7 Å². The molecule has 0 aromatic carbocycles. The van der Waals surface area contributed by atoms with E-state index in [2.05, 4.69) is 15.2 Å². The lowest BCUT2D eigenvalue weighted by Crippen LogP contribution is -2.37. The van der Waals surface area contributed by atoms with Gasteiger partial charge in [-0.3, -0.25) is 9.69 Å². The van der Waals surface area contributed by atoms with Crippen molar-refractivity contribution in [2.45, 2.75) is 25.3 Å². The fourth-order valence-electron chi connectivity index (χ4n) is 3.16. The van der Waals surface area contributed by atoms with Gasteiger partial charge < -0.3 is 10.2 Å². The van der Waals surface area contributed by atoms with Crippen LogP contribution in [0.1, 0.15) is 29.8 Å². The Kier molecular flexibility index (Phi) is 3.87. The average Bonchev–Trinajstić information content (AvgIpc) is 3.17. The van der Waals surface area contributed by atoms with Crippen molar-refractivity contribution in [2.75, 3.05) is 38.5 Å². The third-order valence-electron chi connectivity index (χ3n) is 4.38. The van der Waals surface area contributed by atoms with Crippen molar-refractivity contribution in [3.63, 3.8) is 0 Å². The molecule has 0 bridgehead atoms. The van der Waals surface area contributed by atoms with Gasteiger partial charge in [-0.25, -0.2) is 4.98 Å². The summed E-state index contributed by atoms with van der Waals surface area (Å²) in [7, 11) is 1.85. The number of amides is 1. The van der Waals surface area contributed by atoms with Gasteiger partial charge in [0.05, 0.1) is 11.9 Å². The minimum absolute atomic E-state index is 0.0642. The molecule has 0 aliphatic carbocycles. The molecule has 0 spiro atoms. The number of rotatable bonds is 3. The molecule has 1 unspecified atom stereocenters. The number of nitrogens with one attached hydrogen (secondary N) is 1. The van der Waals surface area contributed by atoms with Crippen LogP contribution < -0.4 is 5.32 Å². The van der Waals surface area contributed by atoms with Gasteiger partial charge in [0, 0.05) is 26.2 Å². The Morgan fingerprint density at radius 3 is 2.75 bits per heavy atom. The first-order chi connectivity index (χ1) is 9.78. The van der Waals surface area contributed by atoms with Crippen LogP contribution in [0, 0.1) is 0 Å². The van der Waals surface area contributed by atoms with Crippen LogP contribution in [0.5, 0.6) is 0 Å². The predicted molar refractivity (Wildman–Crippen MR) is 78.9 cm³/mol. The first-order valence-electron chi connectivity index (χ1n) is 7.45. The highest BCUT2D eigenvalue weighted by Gasteiger charge is 2.32. The van der Waals surface area contributed by atoms with Crippen molar-refractivity contribution < 1.29 is 4.79 Å². The molecule has 1 N–H and O–H groups in total. The Morgan fingerprint density at radius 1 is 1.30 bits per heavy atom. The Morgan fingerprint density at radius 2 is 2.10 bits per heavy atom. The van der Waals surface area contributed by atoms with Crippen LogP contribution in [0.25, 0.3) is 0 Å². The van der Waals surface area contributed by atoms with Crippen molar-refractivity contribution in [1.29, 1.82) is 0 Å². The van der Waals surface area contributed by atoms with Gasteiger partial charge in [0.15, 0.2) is 0 Å². The molecule has 3 heterocycles. The van der Waals surface area contributed by atoms with Gasteiger partial charge in [0.2, 0.25) is 0 Å². The Bertz CT molecular complexity index is 467. The summed E-state index contributed by atoms with van der Waals surface area (Å²) < 4.78 is 0. The number of carbonyl (C=O) groups excluding carboxylic acids is 1. The van der Waals surface area contributed by atoms with Crippen LogP contribution in [0.3, 0.4) is 0 Å². The van der Waals surface area contributed by atoms with E-state index in [4.69, 9.17) is 0 Å². The lowest BCUT2D eigenvalue weighted by molar-refractivity contribution is 0.0774. The number of likely N-dealkylation sites (tertiary alicyclic amines) is 2. The van der Waals surface area contributed by atoms with Gasteiger partial charge in [-0.05, 0) is 44.5 Å². The van der Waals surface area contributed by atoms with E-state index >= 15 is 0 Å². The van der Waals surface area contributed by atoms with E-state index in [1.807, 2.05) is 18.0 Å². The first kappa shape index (κ1) is 13.4. The molecule has 2 aliphatic rings. The fraction of sp³-hybridized carbons (Fsp3) is 0.600. The van der Waals surface area contributed by atoms with E-state index in [1.165, 1.54) is 25.9 Å². The predicted octanol–water partition coefficient (Wildman–Crippen LogP) is 1.43. The van der Waals surface area contributed by atoms with E-state index in [1.54, 1.807) is 12.3 Å². The minimum Gasteiger partial charge on any atom is -0.387 e. The maximum absolute atomic E-state index is 12.4. The van der Waals surface area contributed by atoms with Crippen molar-refractivity contribution in [2.24, 2.45) is 0 Å². The zero-order chi connectivity index (χ0) is 13.9. The lowest BCUT2D eigenvalue weighted by atomic mass is 10.2. The molecule has 3 rings (SSSR count). The molecule has 1 atom stereocenters. The molecule has 20 heavy (non-hydrogen) atoms. The third kappa shape index (κ3) is 2.63. The summed E-state index contributed by atoms with van der Waals surface area (Å²) >= 11 is 0. The molecular weight excluding hydrogens is 252 g/mol. The van der Waals surface area contributed by atoms with Crippen LogP contribution in [0.2, 0.25) is 0 Å². The molecule has 0 saturated carbocycles. The summed E-state index contributed by atoms with van der Waals surface area (Å²) in [6, 6.07) is 4.25. The highest BCUT2D eigenvalue weighted by molar-refractivity contribution is 5.92. The molecule has 1 amide bonds. The van der Waals surface area contributed by atoms with Gasteiger partial charge in [0.25, 0.3) is 5.91 Å². The minimum atomic E-state index is 0.0642. The topological polar surface area (TPSA) is 48.5 Å². The summed E-state index contributed by atoms with van der Waals surface area (Å²) in [4.78, 5) is 21.2. The summed E-state index contributed by atoms with van der Waals surface area (Å²) in [6.45, 7) is 4.10. The van der Waals surface area contributed by atoms with Gasteiger partial charge in [-0.15, -0.1) is 0 Å². The summed E-state index contributed by atoms with van der Waals surface area (Å²) in [6.07, 6.45) is 5.41. The van der Waals surface area contributed by atoms with Crippen LogP contribution in [-0.4, -0.2) is 60.0 Å². The van der Waals surface area contributed by atoms with E-state index in [-0.39, 0.29) is 5.91 Å². The maximum atomic E-state index is 12.4. The second kappa shape index (κ2) is 5.79. The molecule has 5 nitrogen and oxygen atoms in total. The normalized spacial score (nSPS) is 23.2. The lowest BCUT2D eigenvalue weighted by Gasteiger charge is -2.23. The molecule has 108 valence electrons. The van der Waals surface area contributed by atoms with Crippen molar-refractivity contribution in [1.82, 2.24) is 14.8 Å². The van der Waals surface area contributed by atoms with Crippen LogP contribution in [0.15, 0.2) is 18.3 Å².